The number of aliphatic carboxylic acids is 4. The zero-order chi connectivity index (χ0) is 15.0. The Balaban J connectivity index is 3.38. The highest BCUT2D eigenvalue weighted by Crippen LogP contribution is 2.59. The van der Waals surface area contributed by atoms with Crippen molar-refractivity contribution in [3.63, 3.8) is 0 Å². The number of carbonyl (C=O) groups is 4. The standard InChI is InChI=1S/C11H14O8/c1-2-3-11(10(18)19)5(8(14)15)4(7(12)13)6(11)9(16)17/h4-6H,2-3H2,1H3,(H,12,13)(H,14,15)(H,16,17)(H,18,19). The topological polar surface area (TPSA) is 149 Å². The third-order valence-electron chi connectivity index (χ3n) is 3.71. The molecule has 19 heavy (non-hydrogen) atoms. The molecule has 0 heterocycles. The van der Waals surface area contributed by atoms with Gasteiger partial charge >= 0.3 is 23.9 Å². The Bertz CT molecular complexity index is 418. The maximum absolute atomic E-state index is 11.4. The molecular formula is C11H14O8. The minimum Gasteiger partial charge on any atom is -0.481 e. The molecule has 2 atom stereocenters. The van der Waals surface area contributed by atoms with Crippen LogP contribution in [0, 0.1) is 23.2 Å². The Hall–Kier alpha value is -2.12. The summed E-state index contributed by atoms with van der Waals surface area (Å²) >= 11 is 0. The number of hydrogen-bond donors (Lipinski definition) is 4. The van der Waals surface area contributed by atoms with Crippen LogP contribution in [0.25, 0.3) is 0 Å². The zero-order valence-corrected chi connectivity index (χ0v) is 10.1. The number of carboxylic acid groups (broad SMARTS) is 4. The van der Waals surface area contributed by atoms with E-state index in [1.165, 1.54) is 0 Å². The van der Waals surface area contributed by atoms with Gasteiger partial charge in [-0.3, -0.25) is 19.2 Å². The molecule has 0 aromatic carbocycles. The van der Waals surface area contributed by atoms with Crippen molar-refractivity contribution < 1.29 is 39.6 Å². The van der Waals surface area contributed by atoms with E-state index in [2.05, 4.69) is 0 Å². The molecule has 0 amide bonds. The van der Waals surface area contributed by atoms with E-state index in [1.807, 2.05) is 0 Å². The van der Waals surface area contributed by atoms with Crippen molar-refractivity contribution in [3.8, 4) is 0 Å². The Kier molecular flexibility index (Phi) is 3.83. The average molecular weight is 274 g/mol. The van der Waals surface area contributed by atoms with Gasteiger partial charge < -0.3 is 20.4 Å². The molecule has 0 saturated heterocycles. The molecule has 1 fully saturated rings. The van der Waals surface area contributed by atoms with Gasteiger partial charge in [0.2, 0.25) is 0 Å². The third kappa shape index (κ3) is 1.92. The quantitative estimate of drug-likeness (QED) is 0.527. The van der Waals surface area contributed by atoms with Gasteiger partial charge in [0.15, 0.2) is 0 Å². The van der Waals surface area contributed by atoms with Gasteiger partial charge in [0.1, 0.15) is 0 Å². The van der Waals surface area contributed by atoms with Gasteiger partial charge in [0.25, 0.3) is 0 Å². The first-order valence-electron chi connectivity index (χ1n) is 5.63. The van der Waals surface area contributed by atoms with Gasteiger partial charge in [-0.25, -0.2) is 0 Å². The number of carboxylic acids is 4. The summed E-state index contributed by atoms with van der Waals surface area (Å²) in [5.74, 6) is -11.6. The molecule has 0 bridgehead atoms. The second kappa shape index (κ2) is 4.87. The molecule has 1 saturated carbocycles. The number of hydrogen-bond acceptors (Lipinski definition) is 4. The molecule has 4 N–H and O–H groups in total. The second-order valence-corrected chi connectivity index (χ2v) is 4.59. The largest absolute Gasteiger partial charge is 0.481 e. The van der Waals surface area contributed by atoms with E-state index in [1.54, 1.807) is 6.92 Å². The van der Waals surface area contributed by atoms with E-state index in [-0.39, 0.29) is 12.8 Å². The molecule has 0 radical (unpaired) electrons. The van der Waals surface area contributed by atoms with E-state index in [0.717, 1.165) is 0 Å². The fourth-order valence-corrected chi connectivity index (χ4v) is 3.04. The molecule has 2 unspecified atom stereocenters. The molecule has 8 heteroatoms. The van der Waals surface area contributed by atoms with E-state index in [4.69, 9.17) is 15.3 Å². The van der Waals surface area contributed by atoms with Crippen molar-refractivity contribution in [2.24, 2.45) is 23.2 Å². The van der Waals surface area contributed by atoms with Gasteiger partial charge in [-0.15, -0.1) is 0 Å². The van der Waals surface area contributed by atoms with Crippen LogP contribution in [-0.2, 0) is 19.2 Å². The highest BCUT2D eigenvalue weighted by Gasteiger charge is 2.74. The van der Waals surface area contributed by atoms with Crippen LogP contribution in [0.4, 0.5) is 0 Å². The van der Waals surface area contributed by atoms with Crippen molar-refractivity contribution in [2.75, 3.05) is 0 Å². The third-order valence-corrected chi connectivity index (χ3v) is 3.71. The SMILES string of the molecule is CCCC1(C(=O)O)C(C(=O)O)C(C(=O)O)C1C(=O)O. The van der Waals surface area contributed by atoms with E-state index in [0.29, 0.717) is 0 Å². The van der Waals surface area contributed by atoms with Crippen molar-refractivity contribution in [2.45, 2.75) is 19.8 Å². The molecule has 106 valence electrons. The summed E-state index contributed by atoms with van der Waals surface area (Å²) < 4.78 is 0. The fraction of sp³-hybridized carbons (Fsp3) is 0.636. The van der Waals surface area contributed by atoms with Crippen molar-refractivity contribution in [1.29, 1.82) is 0 Å². The highest BCUT2D eigenvalue weighted by atomic mass is 16.4. The smallest absolute Gasteiger partial charge is 0.311 e. The summed E-state index contributed by atoms with van der Waals surface area (Å²) in [5, 5.41) is 36.3. The fourth-order valence-electron chi connectivity index (χ4n) is 3.04. The first-order chi connectivity index (χ1) is 8.71. The molecule has 1 aliphatic rings. The summed E-state index contributed by atoms with van der Waals surface area (Å²) in [6.45, 7) is 1.58. The van der Waals surface area contributed by atoms with E-state index in [9.17, 15) is 24.3 Å². The molecule has 0 spiro atoms. The minimum atomic E-state index is -2.06. The predicted molar refractivity (Wildman–Crippen MR) is 58.4 cm³/mol. The Morgan fingerprint density at radius 1 is 0.895 bits per heavy atom. The lowest BCUT2D eigenvalue weighted by Crippen LogP contribution is -2.68. The molecule has 0 aromatic rings. The van der Waals surface area contributed by atoms with E-state index >= 15 is 0 Å². The van der Waals surface area contributed by atoms with Crippen LogP contribution in [0.15, 0.2) is 0 Å². The second-order valence-electron chi connectivity index (χ2n) is 4.59. The van der Waals surface area contributed by atoms with Crippen molar-refractivity contribution in [3.05, 3.63) is 0 Å². The maximum atomic E-state index is 11.4. The average Bonchev–Trinajstić information content (AvgIpc) is 2.20. The lowest BCUT2D eigenvalue weighted by molar-refractivity contribution is -0.214. The van der Waals surface area contributed by atoms with Crippen LogP contribution >= 0.6 is 0 Å². The van der Waals surface area contributed by atoms with Crippen LogP contribution in [0.3, 0.4) is 0 Å². The Morgan fingerprint density at radius 2 is 1.32 bits per heavy atom. The lowest BCUT2D eigenvalue weighted by Gasteiger charge is -2.52. The summed E-state index contributed by atoms with van der Waals surface area (Å²) in [5.41, 5.74) is -2.06. The predicted octanol–water partition coefficient (Wildman–Crippen LogP) is -0.0265. The monoisotopic (exact) mass is 274 g/mol. The Morgan fingerprint density at radius 3 is 1.53 bits per heavy atom. The maximum Gasteiger partial charge on any atom is 0.311 e. The first-order valence-corrected chi connectivity index (χ1v) is 5.63. The van der Waals surface area contributed by atoms with Gasteiger partial charge in [-0.1, -0.05) is 13.3 Å². The summed E-state index contributed by atoms with van der Waals surface area (Å²) in [6, 6.07) is 0. The Labute approximate surface area is 107 Å². The molecule has 0 aromatic heterocycles. The lowest BCUT2D eigenvalue weighted by atomic mass is 9.45. The van der Waals surface area contributed by atoms with Crippen LogP contribution in [0.2, 0.25) is 0 Å². The molecule has 0 aliphatic heterocycles. The van der Waals surface area contributed by atoms with E-state index < -0.39 is 47.0 Å². The van der Waals surface area contributed by atoms with Gasteiger partial charge in [0, 0.05) is 0 Å². The summed E-state index contributed by atoms with van der Waals surface area (Å²) in [6.07, 6.45) is 0.0479. The minimum absolute atomic E-state index is 0.194. The van der Waals surface area contributed by atoms with Gasteiger partial charge in [0.05, 0.1) is 23.2 Å². The summed E-state index contributed by atoms with van der Waals surface area (Å²) in [4.78, 5) is 44.7. The summed E-state index contributed by atoms with van der Waals surface area (Å²) in [7, 11) is 0. The van der Waals surface area contributed by atoms with Gasteiger partial charge in [-0.05, 0) is 6.42 Å². The highest BCUT2D eigenvalue weighted by molar-refractivity contribution is 5.98. The molecule has 8 nitrogen and oxygen atoms in total. The van der Waals surface area contributed by atoms with Crippen LogP contribution in [0.1, 0.15) is 19.8 Å². The van der Waals surface area contributed by atoms with Crippen LogP contribution in [0.5, 0.6) is 0 Å². The van der Waals surface area contributed by atoms with Gasteiger partial charge in [-0.2, -0.15) is 0 Å². The number of rotatable bonds is 6. The normalized spacial score (nSPS) is 33.2. The van der Waals surface area contributed by atoms with Crippen LogP contribution < -0.4 is 0 Å². The van der Waals surface area contributed by atoms with Crippen LogP contribution in [-0.4, -0.2) is 44.3 Å². The van der Waals surface area contributed by atoms with Crippen molar-refractivity contribution >= 4 is 23.9 Å². The molecule has 1 aliphatic carbocycles. The first kappa shape index (κ1) is 14.9. The zero-order valence-electron chi connectivity index (χ0n) is 10.1. The molecular weight excluding hydrogens is 260 g/mol. The van der Waals surface area contributed by atoms with Crippen molar-refractivity contribution in [1.82, 2.24) is 0 Å². The molecule has 1 rings (SSSR count).